The van der Waals surface area contributed by atoms with Gasteiger partial charge in [0, 0.05) is 21.7 Å². The SMILES string of the molecule is O=C(c1ccccc1Cl)c1cc(Br)ccc1NC(=O)c1ccccc1[N+](=O)[O-]. The van der Waals surface area contributed by atoms with Crippen LogP contribution < -0.4 is 5.32 Å². The Hall–Kier alpha value is -3.03. The summed E-state index contributed by atoms with van der Waals surface area (Å²) in [5, 5.41) is 14.0. The molecule has 0 fully saturated rings. The largest absolute Gasteiger partial charge is 0.321 e. The first-order chi connectivity index (χ1) is 13.4. The lowest BCUT2D eigenvalue weighted by Crippen LogP contribution is -2.16. The third-order valence-electron chi connectivity index (χ3n) is 3.94. The van der Waals surface area contributed by atoms with Crippen molar-refractivity contribution in [3.8, 4) is 0 Å². The van der Waals surface area contributed by atoms with Gasteiger partial charge in [0.1, 0.15) is 5.56 Å². The van der Waals surface area contributed by atoms with Gasteiger partial charge in [-0.1, -0.05) is 51.8 Å². The van der Waals surface area contributed by atoms with Gasteiger partial charge in [0.05, 0.1) is 15.6 Å². The molecule has 0 spiro atoms. The second-order valence-corrected chi connectivity index (χ2v) is 7.05. The zero-order valence-electron chi connectivity index (χ0n) is 14.2. The van der Waals surface area contributed by atoms with E-state index in [2.05, 4.69) is 21.2 Å². The summed E-state index contributed by atoms with van der Waals surface area (Å²) in [6.45, 7) is 0. The molecule has 140 valence electrons. The van der Waals surface area contributed by atoms with Crippen molar-refractivity contribution in [3.05, 3.63) is 103 Å². The van der Waals surface area contributed by atoms with Crippen LogP contribution in [0.3, 0.4) is 0 Å². The van der Waals surface area contributed by atoms with Crippen molar-refractivity contribution < 1.29 is 14.5 Å². The number of para-hydroxylation sites is 1. The van der Waals surface area contributed by atoms with Crippen LogP contribution >= 0.6 is 27.5 Å². The van der Waals surface area contributed by atoms with Crippen LogP contribution in [-0.2, 0) is 0 Å². The Kier molecular flexibility index (Phi) is 5.87. The average molecular weight is 460 g/mol. The number of nitrogens with one attached hydrogen (secondary N) is 1. The first-order valence-electron chi connectivity index (χ1n) is 8.02. The Balaban J connectivity index is 2.00. The lowest BCUT2D eigenvalue weighted by molar-refractivity contribution is -0.385. The van der Waals surface area contributed by atoms with E-state index in [0.717, 1.165) is 0 Å². The predicted octanol–water partition coefficient (Wildman–Crippen LogP) is 5.49. The highest BCUT2D eigenvalue weighted by Crippen LogP contribution is 2.28. The summed E-state index contributed by atoms with van der Waals surface area (Å²) in [5.41, 5.74) is 0.275. The van der Waals surface area contributed by atoms with Crippen molar-refractivity contribution in [3.63, 3.8) is 0 Å². The predicted molar refractivity (Wildman–Crippen MR) is 110 cm³/mol. The first kappa shape index (κ1) is 19.7. The number of ketones is 1. The summed E-state index contributed by atoms with van der Waals surface area (Å²) in [5.74, 6) is -1.08. The van der Waals surface area contributed by atoms with Crippen molar-refractivity contribution >= 4 is 50.6 Å². The van der Waals surface area contributed by atoms with Crippen LogP contribution in [0.2, 0.25) is 5.02 Å². The van der Waals surface area contributed by atoms with E-state index in [0.29, 0.717) is 4.47 Å². The van der Waals surface area contributed by atoms with Crippen molar-refractivity contribution in [2.75, 3.05) is 5.32 Å². The molecule has 3 aromatic rings. The van der Waals surface area contributed by atoms with Crippen LogP contribution in [0.25, 0.3) is 0 Å². The van der Waals surface area contributed by atoms with E-state index < -0.39 is 10.8 Å². The number of amides is 1. The second kappa shape index (κ2) is 8.33. The molecule has 0 saturated carbocycles. The fraction of sp³-hybridized carbons (Fsp3) is 0. The molecule has 1 N–H and O–H groups in total. The van der Waals surface area contributed by atoms with Gasteiger partial charge in [-0.3, -0.25) is 19.7 Å². The summed E-state index contributed by atoms with van der Waals surface area (Å²) in [6, 6.07) is 16.9. The molecular weight excluding hydrogens is 448 g/mol. The van der Waals surface area contributed by atoms with Crippen molar-refractivity contribution in [2.24, 2.45) is 0 Å². The number of benzene rings is 3. The Labute approximate surface area is 173 Å². The number of halogens is 2. The molecule has 6 nitrogen and oxygen atoms in total. The molecule has 0 atom stereocenters. The van der Waals surface area contributed by atoms with E-state index in [9.17, 15) is 19.7 Å². The maximum absolute atomic E-state index is 13.0. The maximum atomic E-state index is 13.0. The van der Waals surface area contributed by atoms with Gasteiger partial charge >= 0.3 is 0 Å². The van der Waals surface area contributed by atoms with Crippen molar-refractivity contribution in [1.29, 1.82) is 0 Å². The van der Waals surface area contributed by atoms with Gasteiger partial charge in [-0.15, -0.1) is 0 Å². The van der Waals surface area contributed by atoms with Gasteiger partial charge in [0.2, 0.25) is 0 Å². The number of carbonyl (C=O) groups is 2. The zero-order chi connectivity index (χ0) is 20.3. The molecule has 1 amide bonds. The molecule has 0 aliphatic carbocycles. The number of rotatable bonds is 5. The van der Waals surface area contributed by atoms with E-state index in [4.69, 9.17) is 11.6 Å². The quantitative estimate of drug-likeness (QED) is 0.310. The average Bonchev–Trinajstić information content (AvgIpc) is 2.69. The number of hydrogen-bond acceptors (Lipinski definition) is 4. The minimum Gasteiger partial charge on any atom is -0.321 e. The van der Waals surface area contributed by atoms with Crippen LogP contribution in [-0.4, -0.2) is 16.6 Å². The number of nitrogens with zero attached hydrogens (tertiary/aromatic N) is 1. The molecular formula is C20H12BrClN2O4. The normalized spacial score (nSPS) is 10.4. The molecule has 0 aliphatic rings. The molecule has 3 aromatic carbocycles. The van der Waals surface area contributed by atoms with Crippen molar-refractivity contribution in [2.45, 2.75) is 0 Å². The Morgan fingerprint density at radius 1 is 0.929 bits per heavy atom. The molecule has 0 unspecified atom stereocenters. The van der Waals surface area contributed by atoms with E-state index in [1.807, 2.05) is 0 Å². The Morgan fingerprint density at radius 3 is 2.25 bits per heavy atom. The molecule has 8 heteroatoms. The fourth-order valence-electron chi connectivity index (χ4n) is 2.62. The maximum Gasteiger partial charge on any atom is 0.282 e. The summed E-state index contributed by atoms with van der Waals surface area (Å²) in [7, 11) is 0. The Morgan fingerprint density at radius 2 is 1.57 bits per heavy atom. The lowest BCUT2D eigenvalue weighted by atomic mass is 10.0. The third kappa shape index (κ3) is 4.11. The lowest BCUT2D eigenvalue weighted by Gasteiger charge is -2.12. The van der Waals surface area contributed by atoms with Crippen LogP contribution in [0, 0.1) is 10.1 Å². The van der Waals surface area contributed by atoms with Gasteiger partial charge in [0.25, 0.3) is 11.6 Å². The van der Waals surface area contributed by atoms with Gasteiger partial charge in [-0.25, -0.2) is 0 Å². The Bertz CT molecular complexity index is 1100. The number of carbonyl (C=O) groups excluding carboxylic acids is 2. The highest BCUT2D eigenvalue weighted by atomic mass is 79.9. The van der Waals surface area contributed by atoms with Gasteiger partial charge < -0.3 is 5.32 Å². The van der Waals surface area contributed by atoms with E-state index in [1.54, 1.807) is 42.5 Å². The van der Waals surface area contributed by atoms with E-state index in [-0.39, 0.29) is 38.9 Å². The first-order valence-corrected chi connectivity index (χ1v) is 9.19. The monoisotopic (exact) mass is 458 g/mol. The fourth-order valence-corrected chi connectivity index (χ4v) is 3.20. The minimum absolute atomic E-state index is 0.105. The van der Waals surface area contributed by atoms with Crippen LogP contribution in [0.1, 0.15) is 26.3 Å². The van der Waals surface area contributed by atoms with E-state index >= 15 is 0 Å². The summed E-state index contributed by atoms with van der Waals surface area (Å²) in [6.07, 6.45) is 0. The summed E-state index contributed by atoms with van der Waals surface area (Å²) in [4.78, 5) is 36.1. The molecule has 28 heavy (non-hydrogen) atoms. The standard InChI is InChI=1S/C20H12BrClN2O4/c21-12-9-10-17(15(11-12)19(25)13-5-1-3-7-16(13)22)23-20(26)14-6-2-4-8-18(14)24(27)28/h1-11H,(H,23,26). The van der Waals surface area contributed by atoms with Crippen LogP contribution in [0.5, 0.6) is 0 Å². The minimum atomic E-state index is -0.692. The highest BCUT2D eigenvalue weighted by Gasteiger charge is 2.22. The number of nitro benzene ring substituents is 1. The second-order valence-electron chi connectivity index (χ2n) is 5.73. The van der Waals surface area contributed by atoms with Crippen molar-refractivity contribution in [1.82, 2.24) is 0 Å². The molecule has 3 rings (SSSR count). The van der Waals surface area contributed by atoms with Gasteiger partial charge in [-0.05, 0) is 36.4 Å². The molecule has 0 radical (unpaired) electrons. The van der Waals surface area contributed by atoms with Gasteiger partial charge in [-0.2, -0.15) is 0 Å². The van der Waals surface area contributed by atoms with Crippen LogP contribution in [0.15, 0.2) is 71.2 Å². The molecule has 0 aromatic heterocycles. The third-order valence-corrected chi connectivity index (χ3v) is 4.76. The number of nitro groups is 1. The summed E-state index contributed by atoms with van der Waals surface area (Å²) >= 11 is 9.43. The highest BCUT2D eigenvalue weighted by molar-refractivity contribution is 9.10. The van der Waals surface area contributed by atoms with Crippen LogP contribution in [0.4, 0.5) is 11.4 Å². The zero-order valence-corrected chi connectivity index (χ0v) is 16.5. The summed E-state index contributed by atoms with van der Waals surface area (Å²) < 4.78 is 0.631. The topological polar surface area (TPSA) is 89.3 Å². The molecule has 0 bridgehead atoms. The van der Waals surface area contributed by atoms with Gasteiger partial charge in [0.15, 0.2) is 5.78 Å². The molecule has 0 aliphatic heterocycles. The molecule has 0 heterocycles. The molecule has 0 saturated heterocycles. The number of anilines is 1. The smallest absolute Gasteiger partial charge is 0.282 e. The number of hydrogen-bond donors (Lipinski definition) is 1. The van der Waals surface area contributed by atoms with E-state index in [1.165, 1.54) is 24.3 Å².